The van der Waals surface area contributed by atoms with Gasteiger partial charge >= 0.3 is 0 Å². The number of thioether (sulfide) groups is 1. The molecule has 3 heteroatoms. The number of nitrogens with one attached hydrogen (secondary N) is 1. The largest absolute Gasteiger partial charge is 0.387 e. The minimum atomic E-state index is -0.439. The third-order valence-electron chi connectivity index (χ3n) is 2.89. The van der Waals surface area contributed by atoms with Gasteiger partial charge in [0, 0.05) is 18.3 Å². The molecule has 0 aliphatic heterocycles. The van der Waals surface area contributed by atoms with Gasteiger partial charge in [0.05, 0.1) is 5.60 Å². The second kappa shape index (κ2) is 5.07. The Bertz CT molecular complexity index is 202. The van der Waals surface area contributed by atoms with Crippen molar-refractivity contribution in [2.45, 2.75) is 51.4 Å². The van der Waals surface area contributed by atoms with Gasteiger partial charge in [-0.3, -0.25) is 0 Å². The van der Waals surface area contributed by atoms with Crippen molar-refractivity contribution in [3.8, 4) is 0 Å². The van der Waals surface area contributed by atoms with Gasteiger partial charge < -0.3 is 10.4 Å². The molecule has 1 rings (SSSR count). The predicted molar refractivity (Wildman–Crippen MR) is 68.4 cm³/mol. The molecule has 0 heterocycles. The van der Waals surface area contributed by atoms with Gasteiger partial charge in [-0.15, -0.1) is 0 Å². The van der Waals surface area contributed by atoms with E-state index in [-0.39, 0.29) is 0 Å². The van der Waals surface area contributed by atoms with Gasteiger partial charge in [-0.25, -0.2) is 0 Å². The maximum absolute atomic E-state index is 10.3. The Morgan fingerprint density at radius 2 is 2.13 bits per heavy atom. The molecule has 1 aliphatic rings. The lowest BCUT2D eigenvalue weighted by molar-refractivity contribution is -0.0243. The lowest BCUT2D eigenvalue weighted by Crippen LogP contribution is -2.56. The Kier molecular flexibility index (Phi) is 4.50. The number of rotatable bonds is 5. The summed E-state index contributed by atoms with van der Waals surface area (Å²) in [4.78, 5) is 0. The molecule has 15 heavy (non-hydrogen) atoms. The zero-order valence-electron chi connectivity index (χ0n) is 10.5. The zero-order chi connectivity index (χ0) is 11.5. The highest BCUT2D eigenvalue weighted by Crippen LogP contribution is 2.40. The monoisotopic (exact) mass is 231 g/mol. The molecule has 0 aromatic heterocycles. The first-order valence-corrected chi connectivity index (χ1v) is 6.97. The minimum Gasteiger partial charge on any atom is -0.387 e. The van der Waals surface area contributed by atoms with Gasteiger partial charge in [0.15, 0.2) is 0 Å². The molecule has 1 saturated carbocycles. The van der Waals surface area contributed by atoms with Crippen LogP contribution < -0.4 is 5.32 Å². The van der Waals surface area contributed by atoms with Gasteiger partial charge in [0.2, 0.25) is 0 Å². The Hall–Kier alpha value is 0.270. The smallest absolute Gasteiger partial charge is 0.0889 e. The van der Waals surface area contributed by atoms with Crippen LogP contribution in [0.5, 0.6) is 0 Å². The molecule has 0 saturated heterocycles. The van der Waals surface area contributed by atoms with E-state index in [1.807, 2.05) is 11.8 Å². The first kappa shape index (κ1) is 13.3. The van der Waals surface area contributed by atoms with Gasteiger partial charge in [0.25, 0.3) is 0 Å². The summed E-state index contributed by atoms with van der Waals surface area (Å²) in [7, 11) is 0. The number of hydrogen-bond acceptors (Lipinski definition) is 3. The molecule has 2 N–H and O–H groups in total. The van der Waals surface area contributed by atoms with Crippen molar-refractivity contribution in [2.24, 2.45) is 5.41 Å². The highest BCUT2D eigenvalue weighted by Gasteiger charge is 2.44. The average molecular weight is 231 g/mol. The van der Waals surface area contributed by atoms with E-state index < -0.39 is 5.60 Å². The van der Waals surface area contributed by atoms with E-state index in [0.717, 1.165) is 25.3 Å². The molecular formula is C12H25NOS. The Morgan fingerprint density at radius 3 is 2.53 bits per heavy atom. The normalized spacial score (nSPS) is 31.4. The quantitative estimate of drug-likeness (QED) is 0.761. The number of aliphatic hydroxyl groups is 1. The van der Waals surface area contributed by atoms with Crippen LogP contribution in [-0.2, 0) is 0 Å². The molecule has 0 radical (unpaired) electrons. The predicted octanol–water partition coefficient (Wildman–Crippen LogP) is 2.27. The molecule has 0 amide bonds. The van der Waals surface area contributed by atoms with E-state index >= 15 is 0 Å². The van der Waals surface area contributed by atoms with Gasteiger partial charge in [-0.05, 0) is 24.0 Å². The van der Waals surface area contributed by atoms with Crippen molar-refractivity contribution in [2.75, 3.05) is 18.8 Å². The van der Waals surface area contributed by atoms with Crippen molar-refractivity contribution in [1.29, 1.82) is 0 Å². The minimum absolute atomic E-state index is 0.299. The first-order chi connectivity index (χ1) is 6.87. The lowest BCUT2D eigenvalue weighted by Gasteiger charge is -2.45. The van der Waals surface area contributed by atoms with Crippen LogP contribution in [0.2, 0.25) is 0 Å². The van der Waals surface area contributed by atoms with Crippen LogP contribution >= 0.6 is 11.8 Å². The summed E-state index contributed by atoms with van der Waals surface area (Å²) in [5.41, 5.74) is -0.139. The van der Waals surface area contributed by atoms with Crippen LogP contribution in [0.1, 0.15) is 40.5 Å². The summed E-state index contributed by atoms with van der Waals surface area (Å²) in [6.45, 7) is 10.5. The molecule has 1 fully saturated rings. The van der Waals surface area contributed by atoms with Crippen molar-refractivity contribution in [1.82, 2.24) is 5.32 Å². The maximum Gasteiger partial charge on any atom is 0.0889 e. The summed E-state index contributed by atoms with van der Waals surface area (Å²) in [5, 5.41) is 14.2. The highest BCUT2D eigenvalue weighted by atomic mass is 32.2. The van der Waals surface area contributed by atoms with Crippen LogP contribution in [-0.4, -0.2) is 34.8 Å². The molecule has 90 valence electrons. The van der Waals surface area contributed by atoms with Crippen molar-refractivity contribution in [3.05, 3.63) is 0 Å². The zero-order valence-corrected chi connectivity index (χ0v) is 11.3. The van der Waals surface area contributed by atoms with E-state index in [1.165, 1.54) is 6.42 Å². The summed E-state index contributed by atoms with van der Waals surface area (Å²) in [6, 6.07) is 0. The summed E-state index contributed by atoms with van der Waals surface area (Å²) in [6.07, 6.45) is 2.13. The molecule has 1 aliphatic carbocycles. The molecular weight excluding hydrogens is 206 g/mol. The fraction of sp³-hybridized carbons (Fsp3) is 1.00. The fourth-order valence-electron chi connectivity index (χ4n) is 1.89. The van der Waals surface area contributed by atoms with E-state index in [0.29, 0.717) is 10.7 Å². The van der Waals surface area contributed by atoms with E-state index in [9.17, 15) is 5.11 Å². The Morgan fingerprint density at radius 1 is 1.47 bits per heavy atom. The maximum atomic E-state index is 10.3. The molecule has 2 nitrogen and oxygen atoms in total. The van der Waals surface area contributed by atoms with Crippen LogP contribution in [0.25, 0.3) is 0 Å². The topological polar surface area (TPSA) is 32.3 Å². The highest BCUT2D eigenvalue weighted by molar-refractivity contribution is 8.00. The van der Waals surface area contributed by atoms with Gasteiger partial charge in [0.1, 0.15) is 0 Å². The van der Waals surface area contributed by atoms with Crippen molar-refractivity contribution >= 4 is 11.8 Å². The molecule has 0 aromatic carbocycles. The van der Waals surface area contributed by atoms with E-state index in [4.69, 9.17) is 0 Å². The third-order valence-corrected chi connectivity index (χ3v) is 4.30. The molecule has 0 aromatic rings. The van der Waals surface area contributed by atoms with Crippen LogP contribution in [0.15, 0.2) is 0 Å². The lowest BCUT2D eigenvalue weighted by atomic mass is 9.79. The SMILES string of the molecule is CCSC1CCC1(O)CNCC(C)(C)C. The molecule has 2 atom stereocenters. The van der Waals surface area contributed by atoms with Gasteiger partial charge in [-0.2, -0.15) is 11.8 Å². The molecule has 0 spiro atoms. The van der Waals surface area contributed by atoms with Crippen LogP contribution in [0.3, 0.4) is 0 Å². The first-order valence-electron chi connectivity index (χ1n) is 5.92. The Labute approximate surface area is 98.2 Å². The fourth-order valence-corrected chi connectivity index (χ4v) is 3.09. The summed E-state index contributed by atoms with van der Waals surface area (Å²) in [5.74, 6) is 1.10. The van der Waals surface area contributed by atoms with E-state index in [1.54, 1.807) is 0 Å². The third kappa shape index (κ3) is 3.97. The summed E-state index contributed by atoms with van der Waals surface area (Å²) >= 11 is 1.89. The van der Waals surface area contributed by atoms with Crippen LogP contribution in [0.4, 0.5) is 0 Å². The second-order valence-electron chi connectivity index (χ2n) is 5.75. The van der Waals surface area contributed by atoms with Crippen molar-refractivity contribution in [3.63, 3.8) is 0 Å². The average Bonchev–Trinajstić information content (AvgIpc) is 2.10. The number of hydrogen-bond donors (Lipinski definition) is 2. The molecule has 2 unspecified atom stereocenters. The van der Waals surface area contributed by atoms with E-state index in [2.05, 4.69) is 33.0 Å². The standard InChI is InChI=1S/C12H25NOS/c1-5-15-10-6-7-12(10,14)9-13-8-11(2,3)4/h10,13-14H,5-9H2,1-4H3. The van der Waals surface area contributed by atoms with Crippen LogP contribution in [0, 0.1) is 5.41 Å². The second-order valence-corrected chi connectivity index (χ2v) is 7.23. The Balaban J connectivity index is 2.25. The van der Waals surface area contributed by atoms with Gasteiger partial charge in [-0.1, -0.05) is 27.7 Å². The molecule has 0 bridgehead atoms. The van der Waals surface area contributed by atoms with Crippen molar-refractivity contribution < 1.29 is 5.11 Å². The summed E-state index contributed by atoms with van der Waals surface area (Å²) < 4.78 is 0.